The summed E-state index contributed by atoms with van der Waals surface area (Å²) in [5.74, 6) is 0.685. The summed E-state index contributed by atoms with van der Waals surface area (Å²) in [7, 11) is 0. The van der Waals surface area contributed by atoms with Gasteiger partial charge in [0.25, 0.3) is 5.69 Å². The maximum Gasteiger partial charge on any atom is 0.283 e. The monoisotopic (exact) mass is 257 g/mol. The van der Waals surface area contributed by atoms with Gasteiger partial charge in [0.05, 0.1) is 15.5 Å². The van der Waals surface area contributed by atoms with Crippen molar-refractivity contribution in [2.75, 3.05) is 0 Å². The Bertz CT molecular complexity index is 376. The van der Waals surface area contributed by atoms with E-state index in [4.69, 9.17) is 4.74 Å². The average molecular weight is 258 g/mol. The van der Waals surface area contributed by atoms with Crippen molar-refractivity contribution in [1.29, 1.82) is 0 Å². The van der Waals surface area contributed by atoms with E-state index < -0.39 is 4.92 Å². The minimum atomic E-state index is -0.426. The summed E-state index contributed by atoms with van der Waals surface area (Å²) in [5.41, 5.74) is 0.0631. The molecular weight excluding hydrogens is 250 g/mol. The first-order valence-corrected chi connectivity index (χ1v) is 5.07. The molecule has 2 rings (SSSR count). The number of ether oxygens (including phenoxy) is 1. The van der Waals surface area contributed by atoms with Crippen molar-refractivity contribution in [2.45, 2.75) is 18.9 Å². The summed E-state index contributed by atoms with van der Waals surface area (Å²) < 4.78 is 5.95. The van der Waals surface area contributed by atoms with E-state index in [9.17, 15) is 10.1 Å². The van der Waals surface area contributed by atoms with Crippen LogP contribution in [-0.2, 0) is 0 Å². The van der Waals surface area contributed by atoms with Gasteiger partial charge in [-0.3, -0.25) is 10.1 Å². The van der Waals surface area contributed by atoms with Crippen molar-refractivity contribution >= 4 is 21.6 Å². The molecule has 0 amide bonds. The molecule has 0 heterocycles. The van der Waals surface area contributed by atoms with E-state index in [1.807, 2.05) is 0 Å². The fourth-order valence-corrected chi connectivity index (χ4v) is 1.59. The van der Waals surface area contributed by atoms with Crippen molar-refractivity contribution in [3.63, 3.8) is 0 Å². The third-order valence-electron chi connectivity index (χ3n) is 1.94. The second-order valence-corrected chi connectivity index (χ2v) is 4.04. The van der Waals surface area contributed by atoms with E-state index >= 15 is 0 Å². The van der Waals surface area contributed by atoms with Crippen LogP contribution in [0.5, 0.6) is 5.75 Å². The summed E-state index contributed by atoms with van der Waals surface area (Å²) >= 11 is 3.14. The first-order chi connectivity index (χ1) is 6.66. The van der Waals surface area contributed by atoms with Crippen LogP contribution in [0, 0.1) is 10.1 Å². The van der Waals surface area contributed by atoms with Gasteiger partial charge in [-0.15, -0.1) is 0 Å². The molecule has 1 fully saturated rings. The lowest BCUT2D eigenvalue weighted by Gasteiger charge is -2.04. The molecule has 1 aliphatic carbocycles. The van der Waals surface area contributed by atoms with E-state index in [1.165, 1.54) is 6.07 Å². The molecule has 1 aromatic rings. The molecule has 0 N–H and O–H groups in total. The number of nitro groups is 1. The molecule has 0 atom stereocenters. The maximum atomic E-state index is 10.5. The van der Waals surface area contributed by atoms with Gasteiger partial charge >= 0.3 is 0 Å². The number of halogens is 1. The average Bonchev–Trinajstić information content (AvgIpc) is 2.87. The van der Waals surface area contributed by atoms with Crippen molar-refractivity contribution in [2.24, 2.45) is 0 Å². The highest BCUT2D eigenvalue weighted by Gasteiger charge is 2.24. The Morgan fingerprint density at radius 1 is 1.50 bits per heavy atom. The van der Waals surface area contributed by atoms with Gasteiger partial charge in [0.15, 0.2) is 0 Å². The van der Waals surface area contributed by atoms with Gasteiger partial charge < -0.3 is 4.74 Å². The molecule has 0 unspecified atom stereocenters. The fourth-order valence-electron chi connectivity index (χ4n) is 1.09. The summed E-state index contributed by atoms with van der Waals surface area (Å²) in [6, 6.07) is 4.71. The predicted octanol–water partition coefficient (Wildman–Crippen LogP) is 2.90. The second kappa shape index (κ2) is 3.57. The van der Waals surface area contributed by atoms with Crippen LogP contribution in [0.3, 0.4) is 0 Å². The van der Waals surface area contributed by atoms with Crippen molar-refractivity contribution in [3.05, 3.63) is 32.8 Å². The minimum Gasteiger partial charge on any atom is -0.490 e. The van der Waals surface area contributed by atoms with Crippen molar-refractivity contribution in [3.8, 4) is 5.75 Å². The number of hydrogen-bond donors (Lipinski definition) is 0. The quantitative estimate of drug-likeness (QED) is 0.618. The van der Waals surface area contributed by atoms with Crippen LogP contribution in [-0.4, -0.2) is 11.0 Å². The summed E-state index contributed by atoms with van der Waals surface area (Å²) in [4.78, 5) is 10.1. The molecule has 74 valence electrons. The largest absolute Gasteiger partial charge is 0.490 e. The molecule has 0 aromatic heterocycles. The van der Waals surface area contributed by atoms with Crippen LogP contribution in [0.15, 0.2) is 22.7 Å². The molecule has 0 bridgehead atoms. The third kappa shape index (κ3) is 2.04. The Balaban J connectivity index is 2.20. The number of rotatable bonds is 3. The molecule has 0 radical (unpaired) electrons. The Labute approximate surface area is 89.2 Å². The molecule has 1 aliphatic rings. The third-order valence-corrected chi connectivity index (χ3v) is 2.58. The minimum absolute atomic E-state index is 0.0631. The van der Waals surface area contributed by atoms with Crippen LogP contribution >= 0.6 is 15.9 Å². The number of nitro benzene ring substituents is 1. The van der Waals surface area contributed by atoms with E-state index in [1.54, 1.807) is 12.1 Å². The topological polar surface area (TPSA) is 52.4 Å². The lowest BCUT2D eigenvalue weighted by Crippen LogP contribution is -1.96. The standard InChI is InChI=1S/C9H8BrNO3/c10-8-5-7(14-6-1-2-6)3-4-9(8)11(12)13/h3-6H,1-2H2. The Morgan fingerprint density at radius 3 is 2.71 bits per heavy atom. The first-order valence-electron chi connectivity index (χ1n) is 4.27. The second-order valence-electron chi connectivity index (χ2n) is 3.19. The molecule has 0 spiro atoms. The zero-order chi connectivity index (χ0) is 10.1. The molecular formula is C9H8BrNO3. The van der Waals surface area contributed by atoms with Gasteiger partial charge in [-0.2, -0.15) is 0 Å². The Kier molecular flexibility index (Phi) is 2.41. The van der Waals surface area contributed by atoms with Crippen LogP contribution < -0.4 is 4.74 Å². The van der Waals surface area contributed by atoms with Crippen molar-refractivity contribution < 1.29 is 9.66 Å². The smallest absolute Gasteiger partial charge is 0.283 e. The van der Waals surface area contributed by atoms with E-state index in [-0.39, 0.29) is 5.69 Å². The SMILES string of the molecule is O=[N+]([O-])c1ccc(OC2CC2)cc1Br. The summed E-state index contributed by atoms with van der Waals surface area (Å²) in [5, 5.41) is 10.5. The van der Waals surface area contributed by atoms with Crippen LogP contribution in [0.4, 0.5) is 5.69 Å². The molecule has 1 saturated carbocycles. The maximum absolute atomic E-state index is 10.5. The number of nitrogens with zero attached hydrogens (tertiary/aromatic N) is 1. The molecule has 1 aromatic carbocycles. The van der Waals surface area contributed by atoms with Crippen LogP contribution in [0.25, 0.3) is 0 Å². The van der Waals surface area contributed by atoms with Crippen LogP contribution in [0.1, 0.15) is 12.8 Å². The molecule has 14 heavy (non-hydrogen) atoms. The highest BCUT2D eigenvalue weighted by atomic mass is 79.9. The normalized spacial score (nSPS) is 15.2. The summed E-state index contributed by atoms with van der Waals surface area (Å²) in [6.07, 6.45) is 2.46. The van der Waals surface area contributed by atoms with Gasteiger partial charge in [0.2, 0.25) is 0 Å². The van der Waals surface area contributed by atoms with Gasteiger partial charge in [-0.1, -0.05) is 0 Å². The molecule has 0 saturated heterocycles. The highest BCUT2D eigenvalue weighted by Crippen LogP contribution is 2.32. The van der Waals surface area contributed by atoms with Gasteiger partial charge in [-0.25, -0.2) is 0 Å². The number of benzene rings is 1. The lowest BCUT2D eigenvalue weighted by atomic mass is 10.3. The Hall–Kier alpha value is -1.10. The van der Waals surface area contributed by atoms with Gasteiger partial charge in [0, 0.05) is 12.1 Å². The van der Waals surface area contributed by atoms with E-state index in [0.29, 0.717) is 16.3 Å². The zero-order valence-electron chi connectivity index (χ0n) is 7.27. The molecule has 0 aliphatic heterocycles. The number of hydrogen-bond acceptors (Lipinski definition) is 3. The van der Waals surface area contributed by atoms with Crippen LogP contribution in [0.2, 0.25) is 0 Å². The molecule has 5 heteroatoms. The van der Waals surface area contributed by atoms with Gasteiger partial charge in [-0.05, 0) is 34.8 Å². The summed E-state index contributed by atoms with van der Waals surface area (Å²) in [6.45, 7) is 0. The highest BCUT2D eigenvalue weighted by molar-refractivity contribution is 9.10. The van der Waals surface area contributed by atoms with E-state index in [2.05, 4.69) is 15.9 Å². The predicted molar refractivity (Wildman–Crippen MR) is 54.4 cm³/mol. The van der Waals surface area contributed by atoms with E-state index in [0.717, 1.165) is 12.8 Å². The van der Waals surface area contributed by atoms with Gasteiger partial charge in [0.1, 0.15) is 5.75 Å². The fraction of sp³-hybridized carbons (Fsp3) is 0.333. The molecule has 4 nitrogen and oxygen atoms in total. The lowest BCUT2D eigenvalue weighted by molar-refractivity contribution is -0.385. The zero-order valence-corrected chi connectivity index (χ0v) is 8.86. The Morgan fingerprint density at radius 2 is 2.21 bits per heavy atom. The van der Waals surface area contributed by atoms with Crippen molar-refractivity contribution in [1.82, 2.24) is 0 Å². The first kappa shape index (κ1) is 9.45.